The predicted octanol–water partition coefficient (Wildman–Crippen LogP) is 11.6. The number of amides is 1. The van der Waals surface area contributed by atoms with Crippen molar-refractivity contribution in [3.8, 4) is 0 Å². The van der Waals surface area contributed by atoms with Gasteiger partial charge in [0.1, 0.15) is 0 Å². The standard InChI is InChI=1S/C69H87NO12SeSi/c1-48(2)69(5,6)84(7,8)82-68-66(65(76-44-55-35-23-13-24-36-55)62(49(3)79-68)73-41-52-29-17-10-18-30-52)77-47-58-60(83-57-37-25-14-26-38-57)39-56(80-58)45-78-67-61(70-50(4)71)64(75-43-54-33-21-12-22-34-54)63(74-42-53-31-19-11-20-32-53)59(81-67)46-72-40-51-27-15-9-16-28-51/h9-38,48-49,56,58-68H,39-47H2,1-8H3,(H,70,71)/t49-,56-,58-,59+,60?,61-,62-,63+,64+,65+,66+,67+,68+/m0/s1. The zero-order chi connectivity index (χ0) is 58.9. The molecule has 3 fully saturated rings. The molecule has 0 aromatic heterocycles. The maximum atomic E-state index is 13.3. The summed E-state index contributed by atoms with van der Waals surface area (Å²) < 4.78 is 78.1. The Labute approximate surface area is 505 Å². The van der Waals surface area contributed by atoms with E-state index in [4.69, 9.17) is 51.8 Å². The third kappa shape index (κ3) is 17.6. The van der Waals surface area contributed by atoms with Crippen molar-refractivity contribution in [2.45, 2.75) is 178 Å². The second-order valence-corrected chi connectivity index (χ2v) is 31.0. The number of hydrogen-bond acceptors (Lipinski definition) is 12. The van der Waals surface area contributed by atoms with Gasteiger partial charge in [-0.05, 0) is 0 Å². The van der Waals surface area contributed by atoms with Gasteiger partial charge in [-0.15, -0.1) is 0 Å². The third-order valence-corrected chi connectivity index (χ3v) is 24.2. The average Bonchev–Trinajstić information content (AvgIpc) is 2.77. The summed E-state index contributed by atoms with van der Waals surface area (Å²) in [5.41, 5.74) is 5.08. The Hall–Kier alpha value is -4.91. The van der Waals surface area contributed by atoms with Gasteiger partial charge in [-0.2, -0.15) is 0 Å². The first-order chi connectivity index (χ1) is 40.7. The third-order valence-electron chi connectivity index (χ3n) is 16.9. The van der Waals surface area contributed by atoms with Crippen LogP contribution in [0.15, 0.2) is 182 Å². The first kappa shape index (κ1) is 63.6. The fraction of sp³-hybridized carbons (Fsp3) is 0.464. The molecule has 1 N–H and O–H groups in total. The molecule has 3 aliphatic rings. The van der Waals surface area contributed by atoms with Crippen LogP contribution < -0.4 is 9.78 Å². The van der Waals surface area contributed by atoms with Gasteiger partial charge in [0.15, 0.2) is 0 Å². The van der Waals surface area contributed by atoms with Crippen LogP contribution in [-0.2, 0) is 89.6 Å². The molecule has 13 atom stereocenters. The molecule has 3 aliphatic heterocycles. The number of nitrogens with one attached hydrogen (secondary N) is 1. The van der Waals surface area contributed by atoms with E-state index < -0.39 is 69.7 Å². The van der Waals surface area contributed by atoms with Gasteiger partial charge < -0.3 is 0 Å². The number of carbonyl (C=O) groups excluding carboxylic acids is 1. The summed E-state index contributed by atoms with van der Waals surface area (Å²) in [5, 5.41) is 3.07. The second-order valence-electron chi connectivity index (χ2n) is 23.7. The molecular weight excluding hydrogens is 1140 g/mol. The van der Waals surface area contributed by atoms with Crippen LogP contribution >= 0.6 is 0 Å². The molecule has 0 spiro atoms. The van der Waals surface area contributed by atoms with Gasteiger partial charge in [-0.3, -0.25) is 0 Å². The summed E-state index contributed by atoms with van der Waals surface area (Å²) >= 11 is -0.0147. The van der Waals surface area contributed by atoms with Gasteiger partial charge in [-0.25, -0.2) is 0 Å². The van der Waals surface area contributed by atoms with Crippen molar-refractivity contribution in [3.63, 3.8) is 0 Å². The van der Waals surface area contributed by atoms with E-state index in [0.717, 1.165) is 27.8 Å². The van der Waals surface area contributed by atoms with Crippen molar-refractivity contribution in [3.05, 3.63) is 210 Å². The van der Waals surface area contributed by atoms with Crippen molar-refractivity contribution in [2.75, 3.05) is 19.8 Å². The van der Waals surface area contributed by atoms with Crippen LogP contribution in [0.2, 0.25) is 22.9 Å². The van der Waals surface area contributed by atoms with E-state index in [1.807, 2.05) is 140 Å². The van der Waals surface area contributed by atoms with Crippen LogP contribution in [0.5, 0.6) is 0 Å². The number of rotatable bonds is 29. The average molecular weight is 1230 g/mol. The molecule has 0 aliphatic carbocycles. The van der Waals surface area contributed by atoms with Crippen molar-refractivity contribution in [1.29, 1.82) is 0 Å². The van der Waals surface area contributed by atoms with Crippen molar-refractivity contribution >= 4 is 33.6 Å². The molecule has 1 unspecified atom stereocenters. The molecule has 3 saturated heterocycles. The first-order valence-corrected chi connectivity index (χ1v) is 34.6. The van der Waals surface area contributed by atoms with Gasteiger partial charge in [0, 0.05) is 0 Å². The minimum Gasteiger partial charge on any atom is -0.0622 e. The Bertz CT molecular complexity index is 2840. The van der Waals surface area contributed by atoms with Gasteiger partial charge in [-0.1, -0.05) is 84.9 Å². The van der Waals surface area contributed by atoms with Crippen LogP contribution in [0.3, 0.4) is 0 Å². The topological polar surface area (TPSA) is 131 Å². The maximum absolute atomic E-state index is 13.3. The number of ether oxygens (including phenoxy) is 10. The molecule has 450 valence electrons. The van der Waals surface area contributed by atoms with E-state index in [9.17, 15) is 4.79 Å². The number of carbonyl (C=O) groups is 1. The summed E-state index contributed by atoms with van der Waals surface area (Å²) in [6.45, 7) is 19.4. The minimum absolute atomic E-state index is 0.0147. The Morgan fingerprint density at radius 2 is 1.00 bits per heavy atom. The van der Waals surface area contributed by atoms with Crippen LogP contribution in [0, 0.1) is 5.92 Å². The first-order valence-electron chi connectivity index (χ1n) is 29.8. The van der Waals surface area contributed by atoms with Gasteiger partial charge in [0.05, 0.1) is 0 Å². The Balaban J connectivity index is 0.994. The number of benzene rings is 6. The van der Waals surface area contributed by atoms with Gasteiger partial charge in [0.2, 0.25) is 0 Å². The summed E-state index contributed by atoms with van der Waals surface area (Å²) in [5.74, 6) is 0.0964. The van der Waals surface area contributed by atoms with E-state index in [0.29, 0.717) is 32.2 Å². The zero-order valence-electron chi connectivity index (χ0n) is 50.1. The van der Waals surface area contributed by atoms with E-state index in [-0.39, 0.29) is 76.0 Å². The van der Waals surface area contributed by atoms with Crippen molar-refractivity contribution < 1.29 is 56.6 Å². The van der Waals surface area contributed by atoms with E-state index in [2.05, 4.69) is 94.6 Å². The monoisotopic (exact) mass is 1230 g/mol. The Morgan fingerprint density at radius 3 is 1.50 bits per heavy atom. The molecule has 9 rings (SSSR count). The van der Waals surface area contributed by atoms with E-state index in [1.165, 1.54) is 11.4 Å². The minimum atomic E-state index is -2.53. The Kier molecular flexibility index (Phi) is 23.6. The molecule has 6 aromatic carbocycles. The summed E-state index contributed by atoms with van der Waals surface area (Å²) in [6, 6.07) is 60.3. The van der Waals surface area contributed by atoms with Crippen molar-refractivity contribution in [2.24, 2.45) is 5.92 Å². The van der Waals surface area contributed by atoms with Crippen LogP contribution in [0.25, 0.3) is 0 Å². The normalized spacial score (nSPS) is 26.5. The quantitative estimate of drug-likeness (QED) is 0.0449. The second kappa shape index (κ2) is 31.1. The molecule has 84 heavy (non-hydrogen) atoms. The predicted molar refractivity (Wildman–Crippen MR) is 329 cm³/mol. The summed E-state index contributed by atoms with van der Waals surface area (Å²) in [6.07, 6.45) is -5.93. The SMILES string of the molecule is CC(=O)N[C@@H]1[C@H](OC[C@@H]2CC([Se]c3ccccc3)[C@H](CO[C@H]3[C@@H](O[Si](C)(C)C(C)(C)C(C)C)O[C@@H](C)[C@H](OCc4ccccc4)[C@H]3OCc3ccccc3)O2)O[C@H](COCc2ccccc2)[C@@H](OCc2ccccc2)[C@@H]1OCc1ccccc1. The molecule has 6 aromatic rings. The molecule has 3 heterocycles. The number of hydrogen-bond donors (Lipinski definition) is 1. The molecule has 0 saturated carbocycles. The smallest absolute Gasteiger partial charge is 0.0622 e. The summed E-state index contributed by atoms with van der Waals surface area (Å²) in [4.78, 5) is 13.4. The van der Waals surface area contributed by atoms with Gasteiger partial charge >= 0.3 is 424 Å². The molecule has 15 heteroatoms. The Morgan fingerprint density at radius 1 is 0.536 bits per heavy atom. The van der Waals surface area contributed by atoms with Crippen molar-refractivity contribution in [1.82, 2.24) is 5.32 Å². The van der Waals surface area contributed by atoms with E-state index in [1.54, 1.807) is 0 Å². The van der Waals surface area contributed by atoms with Gasteiger partial charge in [0.25, 0.3) is 0 Å². The molecule has 0 radical (unpaired) electrons. The van der Waals surface area contributed by atoms with Crippen LogP contribution in [-0.4, -0.2) is 123 Å². The molecule has 0 bridgehead atoms. The van der Waals surface area contributed by atoms with Crippen LogP contribution in [0.4, 0.5) is 0 Å². The molecule has 1 amide bonds. The van der Waals surface area contributed by atoms with E-state index >= 15 is 0 Å². The molecular formula is C69H87NO12SeSi. The zero-order valence-corrected chi connectivity index (χ0v) is 52.8. The molecule has 13 nitrogen and oxygen atoms in total. The fourth-order valence-electron chi connectivity index (χ4n) is 11.0. The summed E-state index contributed by atoms with van der Waals surface area (Å²) in [7, 11) is -2.53. The van der Waals surface area contributed by atoms with Crippen LogP contribution in [0.1, 0.15) is 75.8 Å². The fourth-order valence-corrected chi connectivity index (χ4v) is 16.1.